The molecule has 0 aromatic heterocycles. The maximum absolute atomic E-state index is 13.0. The molecule has 0 rings (SSSR count). The summed E-state index contributed by atoms with van der Waals surface area (Å²) in [6, 6.07) is -5.30. The van der Waals surface area contributed by atoms with E-state index in [1.165, 1.54) is 13.8 Å². The second kappa shape index (κ2) is 17.9. The summed E-state index contributed by atoms with van der Waals surface area (Å²) >= 11 is 0. The number of ether oxygens (including phenoxy) is 1. The lowest BCUT2D eigenvalue weighted by atomic mass is 10.0. The van der Waals surface area contributed by atoms with Crippen LogP contribution in [0, 0.1) is 5.92 Å². The van der Waals surface area contributed by atoms with E-state index >= 15 is 0 Å². The van der Waals surface area contributed by atoms with Crippen LogP contribution in [0.3, 0.4) is 0 Å². The van der Waals surface area contributed by atoms with Crippen molar-refractivity contribution in [1.29, 1.82) is 0 Å². The van der Waals surface area contributed by atoms with E-state index in [9.17, 15) is 48.9 Å². The number of carboxylic acid groups (broad SMARTS) is 1. The zero-order valence-corrected chi connectivity index (χ0v) is 23.5. The van der Waals surface area contributed by atoms with Gasteiger partial charge in [-0.25, -0.2) is 0 Å². The van der Waals surface area contributed by atoms with E-state index in [2.05, 4.69) is 21.3 Å². The Hall–Kier alpha value is -3.67. The number of carboxylic acids is 1. The number of aliphatic carboxylic acids is 1. The molecule has 0 saturated carbocycles. The summed E-state index contributed by atoms with van der Waals surface area (Å²) in [5.74, 6) is -5.96. The maximum atomic E-state index is 13.0. The molecule has 0 aromatic carbocycles. The lowest BCUT2D eigenvalue weighted by Crippen LogP contribution is -2.58. The largest absolute Gasteiger partial charge is 0.480 e. The summed E-state index contributed by atoms with van der Waals surface area (Å²) in [6.07, 6.45) is -7.25. The minimum Gasteiger partial charge on any atom is -0.480 e. The number of nitrogens with two attached hydrogens (primary N) is 1. The quantitative estimate of drug-likeness (QED) is 0.0644. The van der Waals surface area contributed by atoms with E-state index < -0.39 is 96.6 Å². The molecular weight excluding hydrogens is 550 g/mol. The number of hydrogen-bond donors (Lipinski definition) is 9. The van der Waals surface area contributed by atoms with Crippen molar-refractivity contribution >= 4 is 41.8 Å². The van der Waals surface area contributed by atoms with Crippen LogP contribution in [-0.4, -0.2) is 117 Å². The van der Waals surface area contributed by atoms with Gasteiger partial charge < -0.3 is 57.0 Å². The van der Waals surface area contributed by atoms with E-state index in [0.29, 0.717) is 0 Å². The Balaban J connectivity index is 5.57. The Morgan fingerprint density at radius 1 is 0.927 bits per heavy atom. The first-order chi connectivity index (χ1) is 19.0. The van der Waals surface area contributed by atoms with E-state index in [1.807, 2.05) is 0 Å². The monoisotopic (exact) mass is 591 g/mol. The molecule has 41 heavy (non-hydrogen) atoms. The average molecular weight is 592 g/mol. The van der Waals surface area contributed by atoms with Gasteiger partial charge >= 0.3 is 5.97 Å². The lowest BCUT2D eigenvalue weighted by molar-refractivity contribution is -0.158. The molecule has 10 N–H and O–H groups in total. The number of carbonyl (C=O) groups is 7. The van der Waals surface area contributed by atoms with Crippen molar-refractivity contribution in [3.05, 3.63) is 0 Å². The van der Waals surface area contributed by atoms with Gasteiger partial charge in [0.1, 0.15) is 54.9 Å². The third-order valence-electron chi connectivity index (χ3n) is 5.83. The first-order valence-corrected chi connectivity index (χ1v) is 12.7. The molecule has 0 radical (unpaired) electrons. The van der Waals surface area contributed by atoms with Crippen LogP contribution in [0.15, 0.2) is 0 Å². The van der Waals surface area contributed by atoms with Crippen molar-refractivity contribution in [2.45, 2.75) is 96.0 Å². The van der Waals surface area contributed by atoms with Crippen molar-refractivity contribution in [3.63, 3.8) is 0 Å². The predicted octanol–water partition coefficient (Wildman–Crippen LogP) is -4.34. The molecule has 0 spiro atoms. The number of primary amides is 1. The van der Waals surface area contributed by atoms with Crippen LogP contribution in [0.5, 0.6) is 0 Å². The molecule has 0 bridgehead atoms. The average Bonchev–Trinajstić information content (AvgIpc) is 2.89. The highest BCUT2D eigenvalue weighted by molar-refractivity contribution is 5.93. The topological polar surface area (TPSA) is 284 Å². The van der Waals surface area contributed by atoms with Crippen molar-refractivity contribution in [1.82, 2.24) is 21.3 Å². The number of hydrogen-bond acceptors (Lipinski definition) is 11. The number of nitrogens with one attached hydrogen (secondary N) is 4. The van der Waals surface area contributed by atoms with Gasteiger partial charge in [0.05, 0.1) is 6.61 Å². The van der Waals surface area contributed by atoms with Gasteiger partial charge in [-0.15, -0.1) is 0 Å². The molecule has 0 fully saturated rings. The molecule has 17 nitrogen and oxygen atoms in total. The van der Waals surface area contributed by atoms with Crippen LogP contribution in [0.1, 0.15) is 47.5 Å². The summed E-state index contributed by atoms with van der Waals surface area (Å²) in [6.45, 7) is 5.73. The SMILES string of the molecule is CC(=O)N[C@@H](C=O)[C@@H](OC(C)C(=O)NC(C(=O)NC(CCC(=O)NC(C)C(=O)O)C(N)=O)C(C)C)[C@H](O)[C@H](O)CO. The third kappa shape index (κ3) is 13.0. The van der Waals surface area contributed by atoms with Crippen LogP contribution in [-0.2, 0) is 38.3 Å². The van der Waals surface area contributed by atoms with Gasteiger partial charge in [-0.05, 0) is 26.2 Å². The van der Waals surface area contributed by atoms with Gasteiger partial charge in [0, 0.05) is 13.3 Å². The Morgan fingerprint density at radius 2 is 1.51 bits per heavy atom. The highest BCUT2D eigenvalue weighted by atomic mass is 16.5. The van der Waals surface area contributed by atoms with Crippen molar-refractivity contribution in [2.75, 3.05) is 6.61 Å². The standard InChI is InChI=1S/C24H41N5O12/c1-10(2)18(23(38)28-14(21(25)36)6-7-17(34)26-11(3)24(39)40)29-22(37)12(4)41-20(19(35)16(33)9-31)15(8-30)27-13(5)32/h8,10-12,14-16,18-20,31,33,35H,6-7,9H2,1-5H3,(H2,25,36)(H,26,34)(H,27,32)(H,28,38)(H,29,37)(H,39,40)/t11?,12?,14?,15-,16+,18?,19+,20+/m0/s1. The molecule has 0 aliphatic heterocycles. The zero-order valence-electron chi connectivity index (χ0n) is 23.5. The molecule has 0 aliphatic rings. The van der Waals surface area contributed by atoms with E-state index in [4.69, 9.17) is 15.6 Å². The normalized spacial score (nSPS) is 17.0. The molecule has 5 amide bonds. The fourth-order valence-corrected chi connectivity index (χ4v) is 3.43. The van der Waals surface area contributed by atoms with E-state index in [1.54, 1.807) is 13.8 Å². The molecule has 17 heteroatoms. The Bertz CT molecular complexity index is 946. The first-order valence-electron chi connectivity index (χ1n) is 12.7. The van der Waals surface area contributed by atoms with Gasteiger partial charge in [-0.3, -0.25) is 28.8 Å². The third-order valence-corrected chi connectivity index (χ3v) is 5.83. The van der Waals surface area contributed by atoms with Crippen LogP contribution < -0.4 is 27.0 Å². The fraction of sp³-hybridized carbons (Fsp3) is 0.708. The van der Waals surface area contributed by atoms with Gasteiger partial charge in [0.2, 0.25) is 29.5 Å². The number of rotatable bonds is 19. The van der Waals surface area contributed by atoms with Gasteiger partial charge in [-0.1, -0.05) is 13.8 Å². The fourth-order valence-electron chi connectivity index (χ4n) is 3.43. The second-order valence-corrected chi connectivity index (χ2v) is 9.71. The number of amides is 5. The number of aliphatic hydroxyl groups is 3. The molecule has 4 unspecified atom stereocenters. The van der Waals surface area contributed by atoms with Crippen molar-refractivity contribution < 1.29 is 58.7 Å². The maximum Gasteiger partial charge on any atom is 0.325 e. The predicted molar refractivity (Wildman–Crippen MR) is 139 cm³/mol. The molecule has 234 valence electrons. The molecular formula is C24H41N5O12. The minimum atomic E-state index is -1.91. The summed E-state index contributed by atoms with van der Waals surface area (Å²) in [5.41, 5.74) is 5.33. The van der Waals surface area contributed by atoms with Crippen molar-refractivity contribution in [3.8, 4) is 0 Å². The molecule has 0 heterocycles. The Labute approximate surface area is 236 Å². The summed E-state index contributed by atoms with van der Waals surface area (Å²) in [4.78, 5) is 83.6. The highest BCUT2D eigenvalue weighted by Gasteiger charge is 2.37. The van der Waals surface area contributed by atoms with Gasteiger partial charge in [0.25, 0.3) is 0 Å². The summed E-state index contributed by atoms with van der Waals surface area (Å²) in [5, 5.41) is 47.4. The smallest absolute Gasteiger partial charge is 0.325 e. The molecule has 8 atom stereocenters. The molecule has 0 saturated heterocycles. The van der Waals surface area contributed by atoms with Crippen LogP contribution >= 0.6 is 0 Å². The van der Waals surface area contributed by atoms with Crippen LogP contribution in [0.2, 0.25) is 0 Å². The number of carbonyl (C=O) groups excluding carboxylic acids is 6. The summed E-state index contributed by atoms with van der Waals surface area (Å²) in [7, 11) is 0. The molecule has 0 aliphatic carbocycles. The summed E-state index contributed by atoms with van der Waals surface area (Å²) < 4.78 is 5.47. The van der Waals surface area contributed by atoms with E-state index in [0.717, 1.165) is 6.92 Å². The minimum absolute atomic E-state index is 0.209. The first kappa shape index (κ1) is 37.3. The van der Waals surface area contributed by atoms with Crippen LogP contribution in [0.4, 0.5) is 0 Å². The lowest BCUT2D eigenvalue weighted by Gasteiger charge is -2.32. The Kier molecular flexibility index (Phi) is 16.3. The second-order valence-electron chi connectivity index (χ2n) is 9.71. The molecule has 0 aromatic rings. The Morgan fingerprint density at radius 3 is 1.95 bits per heavy atom. The zero-order chi connectivity index (χ0) is 32.0. The van der Waals surface area contributed by atoms with Crippen LogP contribution in [0.25, 0.3) is 0 Å². The van der Waals surface area contributed by atoms with Crippen molar-refractivity contribution in [2.24, 2.45) is 11.7 Å². The van der Waals surface area contributed by atoms with E-state index in [-0.39, 0.29) is 19.1 Å². The number of aliphatic hydroxyl groups excluding tert-OH is 3. The number of aldehydes is 1. The highest BCUT2D eigenvalue weighted by Crippen LogP contribution is 2.13. The van der Waals surface area contributed by atoms with Gasteiger partial charge in [0.15, 0.2) is 0 Å². The van der Waals surface area contributed by atoms with Gasteiger partial charge in [-0.2, -0.15) is 0 Å².